The van der Waals surface area contributed by atoms with Crippen LogP contribution >= 0.6 is 0 Å². The summed E-state index contributed by atoms with van der Waals surface area (Å²) in [4.78, 5) is 17.2. The fraction of sp³-hybridized carbons (Fsp3) is 0.786. The zero-order chi connectivity index (χ0) is 13.8. The molecule has 2 rings (SSSR count). The van der Waals surface area contributed by atoms with Gasteiger partial charge in [-0.2, -0.15) is 4.98 Å². The Bertz CT molecular complexity index is 409. The van der Waals surface area contributed by atoms with E-state index in [-0.39, 0.29) is 0 Å². The Labute approximate surface area is 114 Å². The number of nitrogens with zero attached hydrogens (tertiary/aromatic N) is 3. The fourth-order valence-electron chi connectivity index (χ4n) is 2.59. The van der Waals surface area contributed by atoms with E-state index in [0.29, 0.717) is 30.2 Å². The minimum Gasteiger partial charge on any atom is -0.324 e. The minimum absolute atomic E-state index is 0.294. The van der Waals surface area contributed by atoms with Crippen molar-refractivity contribution in [2.24, 2.45) is 11.8 Å². The quantitative estimate of drug-likeness (QED) is 0.766. The van der Waals surface area contributed by atoms with Gasteiger partial charge in [0.05, 0.1) is 0 Å². The Kier molecular flexibility index (Phi) is 4.56. The molecule has 0 radical (unpaired) electrons. The molecule has 0 saturated carbocycles. The van der Waals surface area contributed by atoms with E-state index in [1.54, 1.807) is 0 Å². The van der Waals surface area contributed by atoms with Gasteiger partial charge in [-0.3, -0.25) is 0 Å². The number of hydrogen-bond donors (Lipinski definition) is 0. The number of aldehydes is 1. The highest BCUT2D eigenvalue weighted by Crippen LogP contribution is 2.28. The van der Waals surface area contributed by atoms with Crippen molar-refractivity contribution in [1.29, 1.82) is 0 Å². The topological polar surface area (TPSA) is 59.2 Å². The maximum absolute atomic E-state index is 10.6. The second-order valence-electron chi connectivity index (χ2n) is 5.79. The van der Waals surface area contributed by atoms with Crippen molar-refractivity contribution in [2.45, 2.75) is 46.0 Å². The van der Waals surface area contributed by atoms with Gasteiger partial charge in [0, 0.05) is 25.4 Å². The lowest BCUT2D eigenvalue weighted by molar-refractivity contribution is -0.108. The highest BCUT2D eigenvalue weighted by atomic mass is 16.5. The number of carbonyl (C=O) groups is 1. The molecule has 0 spiro atoms. The van der Waals surface area contributed by atoms with Crippen molar-refractivity contribution in [3.05, 3.63) is 5.82 Å². The predicted molar refractivity (Wildman–Crippen MR) is 73.2 cm³/mol. The fourth-order valence-corrected chi connectivity index (χ4v) is 2.59. The van der Waals surface area contributed by atoms with E-state index >= 15 is 0 Å². The molecule has 1 aliphatic rings. The van der Waals surface area contributed by atoms with E-state index in [4.69, 9.17) is 4.52 Å². The summed E-state index contributed by atoms with van der Waals surface area (Å²) in [6.45, 7) is 8.16. The monoisotopic (exact) mass is 265 g/mol. The van der Waals surface area contributed by atoms with Crippen molar-refractivity contribution in [3.8, 4) is 0 Å². The third-order valence-corrected chi connectivity index (χ3v) is 4.03. The lowest BCUT2D eigenvalue weighted by atomic mass is 9.84. The summed E-state index contributed by atoms with van der Waals surface area (Å²) in [5.74, 6) is 2.18. The van der Waals surface area contributed by atoms with Crippen LogP contribution < -0.4 is 4.90 Å². The highest BCUT2D eigenvalue weighted by Gasteiger charge is 2.26. The van der Waals surface area contributed by atoms with Gasteiger partial charge in [-0.15, -0.1) is 0 Å². The molecule has 0 bridgehead atoms. The standard InChI is InChI=1S/C14H23N3O2/c1-10(2)13-15-14(19-16-13)17-7-4-12(5-8-17)11(3)6-9-18/h9-12H,4-8H2,1-3H3/t11-/m1/s1. The molecule has 5 heteroatoms. The molecule has 1 aliphatic heterocycles. The number of piperidine rings is 1. The maximum Gasteiger partial charge on any atom is 0.324 e. The lowest BCUT2D eigenvalue weighted by Gasteiger charge is -2.33. The maximum atomic E-state index is 10.6. The van der Waals surface area contributed by atoms with Gasteiger partial charge in [0.25, 0.3) is 0 Å². The molecule has 106 valence electrons. The van der Waals surface area contributed by atoms with Crippen LogP contribution in [0.2, 0.25) is 0 Å². The highest BCUT2D eigenvalue weighted by molar-refractivity contribution is 5.49. The molecule has 2 heterocycles. The summed E-state index contributed by atoms with van der Waals surface area (Å²) < 4.78 is 5.32. The van der Waals surface area contributed by atoms with Gasteiger partial charge in [0.2, 0.25) is 0 Å². The molecule has 0 aromatic carbocycles. The van der Waals surface area contributed by atoms with Gasteiger partial charge in [-0.1, -0.05) is 25.9 Å². The van der Waals surface area contributed by atoms with Crippen LogP contribution in [0.25, 0.3) is 0 Å². The molecule has 0 N–H and O–H groups in total. The molecular weight excluding hydrogens is 242 g/mol. The van der Waals surface area contributed by atoms with Gasteiger partial charge in [0.1, 0.15) is 6.29 Å². The Hall–Kier alpha value is -1.39. The summed E-state index contributed by atoms with van der Waals surface area (Å²) in [6, 6.07) is 0.644. The predicted octanol–water partition coefficient (Wildman–Crippen LogP) is 2.63. The summed E-state index contributed by atoms with van der Waals surface area (Å²) in [6.07, 6.45) is 3.88. The molecule has 1 atom stereocenters. The second kappa shape index (κ2) is 6.17. The molecule has 0 amide bonds. The minimum atomic E-state index is 0.294. The van der Waals surface area contributed by atoms with Crippen LogP contribution in [-0.2, 0) is 4.79 Å². The first-order valence-corrected chi connectivity index (χ1v) is 7.14. The SMILES string of the molecule is CC(C)c1noc(N2CCC([C@H](C)CC=O)CC2)n1. The average molecular weight is 265 g/mol. The van der Waals surface area contributed by atoms with E-state index in [1.165, 1.54) is 0 Å². The summed E-state index contributed by atoms with van der Waals surface area (Å²) in [5, 5.41) is 4.00. The number of carbonyl (C=O) groups excluding carboxylic acids is 1. The molecular formula is C14H23N3O2. The van der Waals surface area contributed by atoms with Crippen molar-refractivity contribution < 1.29 is 9.32 Å². The smallest absolute Gasteiger partial charge is 0.324 e. The van der Waals surface area contributed by atoms with Crippen LogP contribution in [0.4, 0.5) is 6.01 Å². The molecule has 1 aromatic rings. The van der Waals surface area contributed by atoms with Crippen molar-refractivity contribution in [2.75, 3.05) is 18.0 Å². The Morgan fingerprint density at radius 3 is 2.58 bits per heavy atom. The van der Waals surface area contributed by atoms with Crippen LogP contribution in [0.5, 0.6) is 0 Å². The molecule has 1 fully saturated rings. The zero-order valence-corrected chi connectivity index (χ0v) is 12.0. The Balaban J connectivity index is 1.90. The Morgan fingerprint density at radius 1 is 1.37 bits per heavy atom. The third kappa shape index (κ3) is 3.33. The molecule has 1 aromatic heterocycles. The van der Waals surface area contributed by atoms with Crippen LogP contribution in [0, 0.1) is 11.8 Å². The zero-order valence-electron chi connectivity index (χ0n) is 12.0. The molecule has 0 unspecified atom stereocenters. The first-order valence-electron chi connectivity index (χ1n) is 7.14. The van der Waals surface area contributed by atoms with Gasteiger partial charge in [-0.05, 0) is 24.7 Å². The molecule has 19 heavy (non-hydrogen) atoms. The first-order chi connectivity index (χ1) is 9.11. The van der Waals surface area contributed by atoms with E-state index in [1.807, 2.05) is 0 Å². The largest absolute Gasteiger partial charge is 0.324 e. The average Bonchev–Trinajstić information content (AvgIpc) is 2.89. The number of anilines is 1. The van der Waals surface area contributed by atoms with Crippen molar-refractivity contribution >= 4 is 12.3 Å². The number of rotatable bonds is 5. The van der Waals surface area contributed by atoms with E-state index < -0.39 is 0 Å². The van der Waals surface area contributed by atoms with Gasteiger partial charge < -0.3 is 14.2 Å². The van der Waals surface area contributed by atoms with Crippen LogP contribution in [-0.4, -0.2) is 29.5 Å². The van der Waals surface area contributed by atoms with Crippen LogP contribution in [0.15, 0.2) is 4.52 Å². The summed E-state index contributed by atoms with van der Waals surface area (Å²) in [5.41, 5.74) is 0. The Morgan fingerprint density at radius 2 is 2.05 bits per heavy atom. The van der Waals surface area contributed by atoms with E-state index in [0.717, 1.165) is 38.0 Å². The van der Waals surface area contributed by atoms with Gasteiger partial charge >= 0.3 is 6.01 Å². The number of aromatic nitrogens is 2. The third-order valence-electron chi connectivity index (χ3n) is 4.03. The number of hydrogen-bond acceptors (Lipinski definition) is 5. The molecule has 5 nitrogen and oxygen atoms in total. The van der Waals surface area contributed by atoms with Gasteiger partial charge in [0.15, 0.2) is 5.82 Å². The summed E-state index contributed by atoms with van der Waals surface area (Å²) >= 11 is 0. The normalized spacial score (nSPS) is 18.8. The lowest BCUT2D eigenvalue weighted by Crippen LogP contribution is -2.36. The van der Waals surface area contributed by atoms with Crippen molar-refractivity contribution in [1.82, 2.24) is 10.1 Å². The van der Waals surface area contributed by atoms with Gasteiger partial charge in [-0.25, -0.2) is 0 Å². The van der Waals surface area contributed by atoms with Crippen molar-refractivity contribution in [3.63, 3.8) is 0 Å². The molecule has 0 aliphatic carbocycles. The molecule has 1 saturated heterocycles. The van der Waals surface area contributed by atoms with Crippen LogP contribution in [0.1, 0.15) is 51.8 Å². The first kappa shape index (κ1) is 14.0. The van der Waals surface area contributed by atoms with Crippen LogP contribution in [0.3, 0.4) is 0 Å². The second-order valence-corrected chi connectivity index (χ2v) is 5.79. The summed E-state index contributed by atoms with van der Waals surface area (Å²) in [7, 11) is 0. The van der Waals surface area contributed by atoms with E-state index in [2.05, 4.69) is 35.8 Å². The van der Waals surface area contributed by atoms with E-state index in [9.17, 15) is 4.79 Å².